The van der Waals surface area contributed by atoms with Crippen molar-refractivity contribution >= 4 is 0 Å². The van der Waals surface area contributed by atoms with E-state index in [0.717, 1.165) is 11.1 Å². The van der Waals surface area contributed by atoms with Gasteiger partial charge in [-0.1, -0.05) is 6.07 Å². The summed E-state index contributed by atoms with van der Waals surface area (Å²) in [6.45, 7) is 5.31. The normalized spacial score (nSPS) is 14.1. The molecule has 15 heavy (non-hydrogen) atoms. The van der Waals surface area contributed by atoms with Crippen molar-refractivity contribution in [1.29, 1.82) is 5.26 Å². The van der Waals surface area contributed by atoms with Crippen molar-refractivity contribution in [2.45, 2.75) is 33.0 Å². The second-order valence-corrected chi connectivity index (χ2v) is 3.59. The van der Waals surface area contributed by atoms with Gasteiger partial charge < -0.3 is 9.84 Å². The molecule has 3 heteroatoms. The lowest BCUT2D eigenvalue weighted by Crippen LogP contribution is -2.09. The van der Waals surface area contributed by atoms with E-state index in [9.17, 15) is 5.11 Å². The molecule has 0 saturated carbocycles. The fraction of sp³-hybridized carbons (Fsp3) is 0.417. The first-order chi connectivity index (χ1) is 7.04. The number of aliphatic hydroxyl groups is 1. The van der Waals surface area contributed by atoms with Crippen molar-refractivity contribution in [3.05, 3.63) is 29.3 Å². The molecule has 80 valence electrons. The number of hydrogen-bond donors (Lipinski definition) is 1. The zero-order valence-corrected chi connectivity index (χ0v) is 9.19. The van der Waals surface area contributed by atoms with E-state index < -0.39 is 12.2 Å². The van der Waals surface area contributed by atoms with Crippen LogP contribution in [0.5, 0.6) is 5.75 Å². The van der Waals surface area contributed by atoms with E-state index >= 15 is 0 Å². The molecule has 1 N–H and O–H groups in total. The van der Waals surface area contributed by atoms with Gasteiger partial charge in [0.05, 0.1) is 6.10 Å². The lowest BCUT2D eigenvalue weighted by atomic mass is 10.1. The minimum absolute atomic E-state index is 0.457. The Kier molecular flexibility index (Phi) is 3.70. The molecule has 0 fully saturated rings. The van der Waals surface area contributed by atoms with E-state index in [0.29, 0.717) is 5.75 Å². The zero-order valence-electron chi connectivity index (χ0n) is 9.19. The average molecular weight is 205 g/mol. The van der Waals surface area contributed by atoms with Crippen LogP contribution in [0.3, 0.4) is 0 Å². The summed E-state index contributed by atoms with van der Waals surface area (Å²) in [6.07, 6.45) is -0.938. The van der Waals surface area contributed by atoms with E-state index in [1.165, 1.54) is 0 Å². The third-order valence-corrected chi connectivity index (χ3v) is 2.17. The fourth-order valence-corrected chi connectivity index (χ4v) is 1.28. The van der Waals surface area contributed by atoms with Crippen LogP contribution >= 0.6 is 0 Å². The fourth-order valence-electron chi connectivity index (χ4n) is 1.28. The monoisotopic (exact) mass is 205 g/mol. The van der Waals surface area contributed by atoms with Crippen LogP contribution in [0.15, 0.2) is 18.2 Å². The maximum atomic E-state index is 9.37. The van der Waals surface area contributed by atoms with Crippen LogP contribution in [-0.4, -0.2) is 11.2 Å². The smallest absolute Gasteiger partial charge is 0.181 e. The number of ether oxygens (including phenoxy) is 1. The summed E-state index contributed by atoms with van der Waals surface area (Å²) >= 11 is 0. The first-order valence-electron chi connectivity index (χ1n) is 4.89. The highest BCUT2D eigenvalue weighted by molar-refractivity contribution is 5.37. The van der Waals surface area contributed by atoms with Gasteiger partial charge in [-0.05, 0) is 44.0 Å². The van der Waals surface area contributed by atoms with Gasteiger partial charge in [0, 0.05) is 0 Å². The van der Waals surface area contributed by atoms with Crippen molar-refractivity contribution in [3.63, 3.8) is 0 Å². The molecular weight excluding hydrogens is 190 g/mol. The third-order valence-electron chi connectivity index (χ3n) is 2.17. The summed E-state index contributed by atoms with van der Waals surface area (Å²) in [6, 6.07) is 7.46. The lowest BCUT2D eigenvalue weighted by molar-refractivity contribution is 0.199. The number of nitrogens with zero attached hydrogens (tertiary/aromatic N) is 1. The molecule has 0 radical (unpaired) electrons. The van der Waals surface area contributed by atoms with Crippen molar-refractivity contribution in [1.82, 2.24) is 0 Å². The quantitative estimate of drug-likeness (QED) is 0.824. The predicted octanol–water partition coefficient (Wildman–Crippen LogP) is 2.34. The van der Waals surface area contributed by atoms with Crippen LogP contribution in [0.2, 0.25) is 0 Å². The molecule has 3 nitrogen and oxygen atoms in total. The number of rotatable bonds is 3. The summed E-state index contributed by atoms with van der Waals surface area (Å²) in [4.78, 5) is 0. The van der Waals surface area contributed by atoms with E-state index in [-0.39, 0.29) is 0 Å². The van der Waals surface area contributed by atoms with Crippen LogP contribution in [0.25, 0.3) is 0 Å². The minimum atomic E-state index is -0.480. The molecule has 0 aliphatic rings. The summed E-state index contributed by atoms with van der Waals surface area (Å²) in [7, 11) is 0. The highest BCUT2D eigenvalue weighted by Gasteiger charge is 2.07. The van der Waals surface area contributed by atoms with Gasteiger partial charge in [-0.2, -0.15) is 5.26 Å². The third kappa shape index (κ3) is 2.97. The van der Waals surface area contributed by atoms with Gasteiger partial charge in [-0.25, -0.2) is 0 Å². The van der Waals surface area contributed by atoms with Crippen molar-refractivity contribution in [3.8, 4) is 11.8 Å². The highest BCUT2D eigenvalue weighted by atomic mass is 16.5. The van der Waals surface area contributed by atoms with E-state index in [4.69, 9.17) is 10.00 Å². The van der Waals surface area contributed by atoms with E-state index in [2.05, 4.69) is 0 Å². The Morgan fingerprint density at radius 3 is 2.53 bits per heavy atom. The van der Waals surface area contributed by atoms with Crippen molar-refractivity contribution in [2.75, 3.05) is 0 Å². The Morgan fingerprint density at radius 1 is 1.40 bits per heavy atom. The summed E-state index contributed by atoms with van der Waals surface area (Å²) < 4.78 is 5.39. The molecule has 2 atom stereocenters. The first-order valence-corrected chi connectivity index (χ1v) is 4.89. The van der Waals surface area contributed by atoms with Gasteiger partial charge in [0.25, 0.3) is 0 Å². The maximum absolute atomic E-state index is 9.37. The molecule has 1 aromatic carbocycles. The Balaban J connectivity index is 2.89. The largest absolute Gasteiger partial charge is 0.476 e. The Hall–Kier alpha value is -1.53. The predicted molar refractivity (Wildman–Crippen MR) is 57.5 cm³/mol. The van der Waals surface area contributed by atoms with Gasteiger partial charge >= 0.3 is 0 Å². The molecule has 0 aliphatic carbocycles. The second kappa shape index (κ2) is 4.81. The molecule has 0 aliphatic heterocycles. The van der Waals surface area contributed by atoms with Gasteiger partial charge in [-0.3, -0.25) is 0 Å². The molecule has 0 saturated heterocycles. The topological polar surface area (TPSA) is 53.2 Å². The van der Waals surface area contributed by atoms with Gasteiger partial charge in [0.15, 0.2) is 6.10 Å². The summed E-state index contributed by atoms with van der Waals surface area (Å²) in [5, 5.41) is 18.0. The number of aliphatic hydroxyl groups excluding tert-OH is 1. The molecule has 1 rings (SSSR count). The minimum Gasteiger partial charge on any atom is -0.476 e. The number of benzene rings is 1. The SMILES string of the molecule is Cc1cc([C@@H](C)O)ccc1OC(C)C#N. The first kappa shape index (κ1) is 11.5. The highest BCUT2D eigenvalue weighted by Crippen LogP contribution is 2.23. The van der Waals surface area contributed by atoms with Crippen LogP contribution < -0.4 is 4.74 Å². The van der Waals surface area contributed by atoms with Crippen LogP contribution in [0, 0.1) is 18.3 Å². The number of nitriles is 1. The van der Waals surface area contributed by atoms with Crippen LogP contribution in [0.1, 0.15) is 31.1 Å². The second-order valence-electron chi connectivity index (χ2n) is 3.59. The molecule has 0 bridgehead atoms. The maximum Gasteiger partial charge on any atom is 0.181 e. The lowest BCUT2D eigenvalue weighted by Gasteiger charge is -2.12. The summed E-state index contributed by atoms with van der Waals surface area (Å²) in [5.41, 5.74) is 1.78. The Bertz CT molecular complexity index is 380. The van der Waals surface area contributed by atoms with Gasteiger partial charge in [-0.15, -0.1) is 0 Å². The molecule has 0 aromatic heterocycles. The van der Waals surface area contributed by atoms with Gasteiger partial charge in [0.1, 0.15) is 11.8 Å². The van der Waals surface area contributed by atoms with Crippen LogP contribution in [0.4, 0.5) is 0 Å². The Labute approximate surface area is 89.9 Å². The van der Waals surface area contributed by atoms with E-state index in [1.54, 1.807) is 26.0 Å². The van der Waals surface area contributed by atoms with E-state index in [1.807, 2.05) is 19.1 Å². The van der Waals surface area contributed by atoms with Crippen molar-refractivity contribution in [2.24, 2.45) is 0 Å². The molecular formula is C12H15NO2. The van der Waals surface area contributed by atoms with Gasteiger partial charge in [0.2, 0.25) is 0 Å². The average Bonchev–Trinajstić information content (AvgIpc) is 2.20. The molecule has 1 unspecified atom stereocenters. The molecule has 1 aromatic rings. The zero-order chi connectivity index (χ0) is 11.4. The molecule has 0 heterocycles. The number of aryl methyl sites for hydroxylation is 1. The summed E-state index contributed by atoms with van der Waals surface area (Å²) in [5.74, 6) is 0.688. The van der Waals surface area contributed by atoms with Crippen LogP contribution in [-0.2, 0) is 0 Å². The standard InChI is InChI=1S/C12H15NO2/c1-8-6-11(10(3)14)4-5-12(8)15-9(2)7-13/h4-6,9-10,14H,1-3H3/t9?,10-/m1/s1. The van der Waals surface area contributed by atoms with Crippen molar-refractivity contribution < 1.29 is 9.84 Å². The number of hydrogen-bond acceptors (Lipinski definition) is 3. The Morgan fingerprint density at radius 2 is 2.07 bits per heavy atom. The molecule has 0 spiro atoms. The molecule has 0 amide bonds.